The van der Waals surface area contributed by atoms with E-state index in [1.54, 1.807) is 54.6 Å². The van der Waals surface area contributed by atoms with E-state index in [0.717, 1.165) is 5.56 Å². The van der Waals surface area contributed by atoms with Crippen LogP contribution in [0.1, 0.15) is 28.9 Å². The molecule has 0 fully saturated rings. The number of rotatable bonds is 6. The lowest BCUT2D eigenvalue weighted by Crippen LogP contribution is -2.28. The highest BCUT2D eigenvalue weighted by Crippen LogP contribution is 2.23. The summed E-state index contributed by atoms with van der Waals surface area (Å²) in [5.74, 6) is -0.260. The van der Waals surface area contributed by atoms with Gasteiger partial charge in [-0.25, -0.2) is 8.42 Å². The average Bonchev–Trinajstić information content (AvgIpc) is 2.74. The van der Waals surface area contributed by atoms with Crippen molar-refractivity contribution in [3.8, 4) is 0 Å². The van der Waals surface area contributed by atoms with Crippen molar-refractivity contribution < 1.29 is 13.2 Å². The van der Waals surface area contributed by atoms with Crippen molar-refractivity contribution in [1.82, 2.24) is 5.32 Å². The Morgan fingerprint density at radius 3 is 2.14 bits per heavy atom. The van der Waals surface area contributed by atoms with Gasteiger partial charge in [-0.05, 0) is 42.8 Å². The molecular formula is C22H22N2O3S. The van der Waals surface area contributed by atoms with Crippen molar-refractivity contribution in [2.24, 2.45) is 0 Å². The molecule has 1 N–H and O–H groups in total. The van der Waals surface area contributed by atoms with Crippen LogP contribution in [0.15, 0.2) is 89.8 Å². The molecule has 3 rings (SSSR count). The summed E-state index contributed by atoms with van der Waals surface area (Å²) >= 11 is 0. The minimum Gasteiger partial charge on any atom is -0.346 e. The highest BCUT2D eigenvalue weighted by Gasteiger charge is 2.22. The molecule has 0 aliphatic heterocycles. The summed E-state index contributed by atoms with van der Waals surface area (Å²) in [6, 6.07) is 24.3. The number of nitrogens with one attached hydrogen (secondary N) is 1. The number of carbonyl (C=O) groups excluding carboxylic acids is 1. The van der Waals surface area contributed by atoms with E-state index in [0.29, 0.717) is 11.3 Å². The maximum Gasteiger partial charge on any atom is 0.264 e. The van der Waals surface area contributed by atoms with Crippen molar-refractivity contribution >= 4 is 21.6 Å². The zero-order valence-electron chi connectivity index (χ0n) is 15.7. The standard InChI is InChI=1S/C22H22N2O3S/c1-17(18-10-5-3-6-11-18)23-22(25)19-12-9-13-20(16-19)24(2)28(26,27)21-14-7-4-8-15-21/h3-17H,1-2H3,(H,23,25). The van der Waals surface area contributed by atoms with Gasteiger partial charge in [0.1, 0.15) is 0 Å². The molecule has 0 saturated carbocycles. The molecule has 28 heavy (non-hydrogen) atoms. The fraction of sp³-hybridized carbons (Fsp3) is 0.136. The molecule has 5 nitrogen and oxygen atoms in total. The van der Waals surface area contributed by atoms with Gasteiger partial charge in [-0.2, -0.15) is 0 Å². The first-order valence-corrected chi connectivity index (χ1v) is 10.3. The average molecular weight is 394 g/mol. The molecular weight excluding hydrogens is 372 g/mol. The van der Waals surface area contributed by atoms with Crippen molar-refractivity contribution in [2.45, 2.75) is 17.9 Å². The normalized spacial score (nSPS) is 12.2. The zero-order chi connectivity index (χ0) is 20.1. The van der Waals surface area contributed by atoms with Gasteiger partial charge in [0.15, 0.2) is 0 Å². The molecule has 144 valence electrons. The van der Waals surface area contributed by atoms with Gasteiger partial charge in [-0.3, -0.25) is 9.10 Å². The quantitative estimate of drug-likeness (QED) is 0.687. The van der Waals surface area contributed by atoms with Crippen LogP contribution in [0.3, 0.4) is 0 Å². The van der Waals surface area contributed by atoms with Crippen LogP contribution in [0.25, 0.3) is 0 Å². The minimum atomic E-state index is -3.70. The van der Waals surface area contributed by atoms with E-state index in [1.807, 2.05) is 37.3 Å². The van der Waals surface area contributed by atoms with Gasteiger partial charge in [0.2, 0.25) is 0 Å². The van der Waals surface area contributed by atoms with E-state index in [9.17, 15) is 13.2 Å². The van der Waals surface area contributed by atoms with Crippen molar-refractivity contribution in [3.63, 3.8) is 0 Å². The number of anilines is 1. The maximum atomic E-state index is 12.8. The van der Waals surface area contributed by atoms with Crippen molar-refractivity contribution in [1.29, 1.82) is 0 Å². The Bertz CT molecular complexity index is 1050. The third kappa shape index (κ3) is 4.23. The van der Waals surface area contributed by atoms with Crippen LogP contribution in [0.4, 0.5) is 5.69 Å². The number of amides is 1. The summed E-state index contributed by atoms with van der Waals surface area (Å²) in [4.78, 5) is 12.8. The van der Waals surface area contributed by atoms with Gasteiger partial charge < -0.3 is 5.32 Å². The first-order chi connectivity index (χ1) is 13.4. The molecule has 0 aliphatic rings. The molecule has 0 radical (unpaired) electrons. The second kappa shape index (κ2) is 8.27. The number of nitrogens with zero attached hydrogens (tertiary/aromatic N) is 1. The van der Waals surface area contributed by atoms with Gasteiger partial charge >= 0.3 is 0 Å². The number of sulfonamides is 1. The fourth-order valence-electron chi connectivity index (χ4n) is 2.84. The Morgan fingerprint density at radius 1 is 0.893 bits per heavy atom. The van der Waals surface area contributed by atoms with E-state index < -0.39 is 10.0 Å². The topological polar surface area (TPSA) is 66.5 Å². The molecule has 1 atom stereocenters. The Kier molecular flexibility index (Phi) is 5.80. The molecule has 0 heterocycles. The largest absolute Gasteiger partial charge is 0.346 e. The van der Waals surface area contributed by atoms with Gasteiger partial charge in [0.25, 0.3) is 15.9 Å². The summed E-state index contributed by atoms with van der Waals surface area (Å²) < 4.78 is 26.8. The maximum absolute atomic E-state index is 12.8. The molecule has 1 amide bonds. The van der Waals surface area contributed by atoms with Crippen LogP contribution < -0.4 is 9.62 Å². The Hall–Kier alpha value is -3.12. The van der Waals surface area contributed by atoms with Gasteiger partial charge in [0, 0.05) is 12.6 Å². The summed E-state index contributed by atoms with van der Waals surface area (Å²) in [7, 11) is -2.22. The highest BCUT2D eigenvalue weighted by molar-refractivity contribution is 7.92. The molecule has 1 unspecified atom stereocenters. The molecule has 0 bridgehead atoms. The van der Waals surface area contributed by atoms with Crippen LogP contribution in [-0.4, -0.2) is 21.4 Å². The van der Waals surface area contributed by atoms with E-state index in [2.05, 4.69) is 5.32 Å². The predicted molar refractivity (Wildman–Crippen MR) is 111 cm³/mol. The summed E-state index contributed by atoms with van der Waals surface area (Å²) in [5.41, 5.74) is 1.81. The fourth-order valence-corrected chi connectivity index (χ4v) is 4.05. The van der Waals surface area contributed by atoms with Gasteiger partial charge in [-0.1, -0.05) is 54.6 Å². The second-order valence-corrected chi connectivity index (χ2v) is 8.41. The number of benzene rings is 3. The lowest BCUT2D eigenvalue weighted by molar-refractivity contribution is 0.0940. The smallest absolute Gasteiger partial charge is 0.264 e. The molecule has 0 saturated heterocycles. The third-order valence-corrected chi connectivity index (χ3v) is 6.32. The Balaban J connectivity index is 1.81. The number of hydrogen-bond donors (Lipinski definition) is 1. The molecule has 3 aromatic carbocycles. The lowest BCUT2D eigenvalue weighted by atomic mass is 10.1. The van der Waals surface area contributed by atoms with Crippen LogP contribution in [-0.2, 0) is 10.0 Å². The van der Waals surface area contributed by atoms with Crippen LogP contribution in [0, 0.1) is 0 Å². The Labute approximate surface area is 165 Å². The summed E-state index contributed by atoms with van der Waals surface area (Å²) in [6.45, 7) is 1.91. The van der Waals surface area contributed by atoms with E-state index in [4.69, 9.17) is 0 Å². The predicted octanol–water partition coefficient (Wildman–Crippen LogP) is 4.00. The molecule has 0 spiro atoms. The molecule has 3 aromatic rings. The van der Waals surface area contributed by atoms with Gasteiger partial charge in [-0.15, -0.1) is 0 Å². The SMILES string of the molecule is CC(NC(=O)c1cccc(N(C)S(=O)(=O)c2ccccc2)c1)c1ccccc1. The Morgan fingerprint density at radius 2 is 1.50 bits per heavy atom. The number of hydrogen-bond acceptors (Lipinski definition) is 3. The number of carbonyl (C=O) groups is 1. The van der Waals surface area contributed by atoms with Crippen LogP contribution in [0.2, 0.25) is 0 Å². The molecule has 0 aliphatic carbocycles. The summed E-state index contributed by atoms with van der Waals surface area (Å²) in [6.07, 6.45) is 0. The summed E-state index contributed by atoms with van der Waals surface area (Å²) in [5, 5.41) is 2.94. The zero-order valence-corrected chi connectivity index (χ0v) is 16.6. The van der Waals surface area contributed by atoms with Gasteiger partial charge in [0.05, 0.1) is 16.6 Å². The molecule has 6 heteroatoms. The third-order valence-electron chi connectivity index (χ3n) is 4.52. The highest BCUT2D eigenvalue weighted by atomic mass is 32.2. The second-order valence-electron chi connectivity index (χ2n) is 6.44. The van der Waals surface area contributed by atoms with Crippen LogP contribution in [0.5, 0.6) is 0 Å². The van der Waals surface area contributed by atoms with Crippen LogP contribution >= 0.6 is 0 Å². The monoisotopic (exact) mass is 394 g/mol. The first-order valence-electron chi connectivity index (χ1n) is 8.89. The van der Waals surface area contributed by atoms with E-state index >= 15 is 0 Å². The van der Waals surface area contributed by atoms with E-state index in [1.165, 1.54) is 11.4 Å². The van der Waals surface area contributed by atoms with E-state index in [-0.39, 0.29) is 16.8 Å². The van der Waals surface area contributed by atoms with Crippen molar-refractivity contribution in [2.75, 3.05) is 11.4 Å². The minimum absolute atomic E-state index is 0.164. The lowest BCUT2D eigenvalue weighted by Gasteiger charge is -2.20. The first kappa shape index (κ1) is 19.6. The van der Waals surface area contributed by atoms with Crippen molar-refractivity contribution in [3.05, 3.63) is 96.1 Å². The molecule has 0 aromatic heterocycles.